The van der Waals surface area contributed by atoms with Gasteiger partial charge in [0.25, 0.3) is 0 Å². The number of aliphatic hydroxyl groups excluding tert-OH is 6. The molecule has 0 spiro atoms. The number of fused-ring (bicyclic) bond motifs is 1. The van der Waals surface area contributed by atoms with Crippen molar-refractivity contribution in [3.63, 3.8) is 0 Å². The summed E-state index contributed by atoms with van der Waals surface area (Å²) in [7, 11) is 0. The normalized spacial score (nSPS) is 45.2. The number of ether oxygens (including phenoxy) is 2. The summed E-state index contributed by atoms with van der Waals surface area (Å²) in [6.45, 7) is 12.3. The molecule has 3 fully saturated rings. The summed E-state index contributed by atoms with van der Waals surface area (Å²) in [5, 5.41) is 60.5. The van der Waals surface area contributed by atoms with E-state index in [-0.39, 0.29) is 29.3 Å². The maximum atomic E-state index is 10.9. The molecule has 1 saturated heterocycles. The molecule has 34 heavy (non-hydrogen) atoms. The van der Waals surface area contributed by atoms with Gasteiger partial charge >= 0.3 is 0 Å². The van der Waals surface area contributed by atoms with Gasteiger partial charge in [0.1, 0.15) is 24.4 Å². The second-order valence-corrected chi connectivity index (χ2v) is 11.4. The molecule has 10 atom stereocenters. The van der Waals surface area contributed by atoms with Crippen LogP contribution in [0.1, 0.15) is 59.8 Å². The van der Waals surface area contributed by atoms with Gasteiger partial charge in [-0.05, 0) is 67.3 Å². The summed E-state index contributed by atoms with van der Waals surface area (Å²) in [5.41, 5.74) is 1.52. The number of hydrogen-bond acceptors (Lipinski definition) is 8. The molecule has 0 aromatic heterocycles. The zero-order valence-corrected chi connectivity index (χ0v) is 20.9. The van der Waals surface area contributed by atoms with E-state index in [1.807, 2.05) is 13.0 Å². The molecule has 0 radical (unpaired) electrons. The van der Waals surface area contributed by atoms with Crippen LogP contribution in [0, 0.1) is 22.7 Å². The summed E-state index contributed by atoms with van der Waals surface area (Å²) in [6, 6.07) is 0. The Bertz CT molecular complexity index is 749. The monoisotopic (exact) mass is 484 g/mol. The highest BCUT2D eigenvalue weighted by Crippen LogP contribution is 2.62. The highest BCUT2D eigenvalue weighted by Gasteiger charge is 2.58. The first kappa shape index (κ1) is 27.7. The lowest BCUT2D eigenvalue weighted by molar-refractivity contribution is -0.313. The van der Waals surface area contributed by atoms with Gasteiger partial charge in [-0.3, -0.25) is 0 Å². The SMILES string of the molecule is C=C1C(OC2OC(CO)C(O)C(O)C2O)CC2C(C)(C)C(O)CCC2(C)C1CCC(C)=CCO. The summed E-state index contributed by atoms with van der Waals surface area (Å²) in [4.78, 5) is 0. The molecule has 3 rings (SSSR count). The van der Waals surface area contributed by atoms with Gasteiger partial charge in [-0.15, -0.1) is 0 Å². The quantitative estimate of drug-likeness (QED) is 0.235. The Kier molecular flexibility index (Phi) is 8.69. The van der Waals surface area contributed by atoms with Gasteiger partial charge in [0.05, 0.1) is 25.4 Å². The smallest absolute Gasteiger partial charge is 0.187 e. The van der Waals surface area contributed by atoms with E-state index < -0.39 is 49.5 Å². The third kappa shape index (κ3) is 5.02. The zero-order valence-electron chi connectivity index (χ0n) is 20.9. The average molecular weight is 485 g/mol. The molecule has 8 heteroatoms. The van der Waals surface area contributed by atoms with E-state index in [0.29, 0.717) is 12.8 Å². The Labute approximate surface area is 202 Å². The van der Waals surface area contributed by atoms with Crippen molar-refractivity contribution in [2.75, 3.05) is 13.2 Å². The summed E-state index contributed by atoms with van der Waals surface area (Å²) in [5.74, 6) is 0.186. The molecule has 6 N–H and O–H groups in total. The molecule has 0 amide bonds. The minimum Gasteiger partial charge on any atom is -0.394 e. The largest absolute Gasteiger partial charge is 0.394 e. The van der Waals surface area contributed by atoms with Gasteiger partial charge < -0.3 is 40.1 Å². The van der Waals surface area contributed by atoms with Crippen LogP contribution < -0.4 is 0 Å². The van der Waals surface area contributed by atoms with Crippen LogP contribution in [0.3, 0.4) is 0 Å². The Hall–Kier alpha value is -0.840. The predicted molar refractivity (Wildman–Crippen MR) is 127 cm³/mol. The van der Waals surface area contributed by atoms with E-state index >= 15 is 0 Å². The van der Waals surface area contributed by atoms with Crippen molar-refractivity contribution < 1.29 is 40.1 Å². The molecule has 2 aliphatic carbocycles. The summed E-state index contributed by atoms with van der Waals surface area (Å²) < 4.78 is 11.8. The molecular formula is C26H44O8. The standard InChI is InChI=1S/C26H44O8/c1-14(9-11-27)6-7-16-15(2)17(12-19-25(3,4)20(29)8-10-26(16,19)5)33-24-23(32)22(31)21(30)18(13-28)34-24/h9,16-24,27-32H,2,6-8,10-13H2,1,3-5H3. The molecule has 0 aromatic rings. The molecule has 1 aliphatic heterocycles. The molecule has 0 aromatic carbocycles. The van der Waals surface area contributed by atoms with Crippen molar-refractivity contribution in [3.8, 4) is 0 Å². The van der Waals surface area contributed by atoms with E-state index in [1.54, 1.807) is 0 Å². The molecule has 1 heterocycles. The van der Waals surface area contributed by atoms with Crippen LogP contribution >= 0.6 is 0 Å². The predicted octanol–water partition coefficient (Wildman–Crippen LogP) is 1.27. The second kappa shape index (κ2) is 10.6. The maximum Gasteiger partial charge on any atom is 0.187 e. The van der Waals surface area contributed by atoms with Crippen LogP contribution in [0.5, 0.6) is 0 Å². The highest BCUT2D eigenvalue weighted by atomic mass is 16.7. The third-order valence-electron chi connectivity index (χ3n) is 9.03. The fraction of sp³-hybridized carbons (Fsp3) is 0.846. The minimum absolute atomic E-state index is 0.000588. The topological polar surface area (TPSA) is 140 Å². The van der Waals surface area contributed by atoms with Gasteiger partial charge in [-0.1, -0.05) is 39.0 Å². The lowest BCUT2D eigenvalue weighted by atomic mass is 9.46. The van der Waals surface area contributed by atoms with Crippen molar-refractivity contribution in [1.29, 1.82) is 0 Å². The second-order valence-electron chi connectivity index (χ2n) is 11.4. The number of allylic oxidation sites excluding steroid dienone is 1. The van der Waals surface area contributed by atoms with Gasteiger partial charge in [-0.2, -0.15) is 0 Å². The van der Waals surface area contributed by atoms with Gasteiger partial charge in [0.2, 0.25) is 0 Å². The van der Waals surface area contributed by atoms with Crippen LogP contribution in [0.4, 0.5) is 0 Å². The molecule has 10 unspecified atom stereocenters. The Morgan fingerprint density at radius 3 is 2.41 bits per heavy atom. The van der Waals surface area contributed by atoms with Crippen molar-refractivity contribution in [2.45, 2.75) is 103 Å². The van der Waals surface area contributed by atoms with E-state index in [1.165, 1.54) is 0 Å². The van der Waals surface area contributed by atoms with Gasteiger partial charge in [0, 0.05) is 0 Å². The first-order valence-corrected chi connectivity index (χ1v) is 12.5. The van der Waals surface area contributed by atoms with Crippen molar-refractivity contribution in [3.05, 3.63) is 23.8 Å². The average Bonchev–Trinajstić information content (AvgIpc) is 2.78. The Morgan fingerprint density at radius 1 is 1.12 bits per heavy atom. The molecule has 2 saturated carbocycles. The van der Waals surface area contributed by atoms with E-state index in [4.69, 9.17) is 9.47 Å². The van der Waals surface area contributed by atoms with E-state index in [0.717, 1.165) is 30.4 Å². The molecule has 3 aliphatic rings. The Morgan fingerprint density at radius 2 is 1.79 bits per heavy atom. The zero-order chi connectivity index (χ0) is 25.4. The van der Waals surface area contributed by atoms with Crippen molar-refractivity contribution in [1.82, 2.24) is 0 Å². The molecule has 196 valence electrons. The first-order valence-electron chi connectivity index (χ1n) is 12.5. The van der Waals surface area contributed by atoms with Crippen LogP contribution in [-0.2, 0) is 9.47 Å². The number of rotatable bonds is 7. The van der Waals surface area contributed by atoms with Crippen molar-refractivity contribution >= 4 is 0 Å². The highest BCUT2D eigenvalue weighted by molar-refractivity contribution is 5.22. The van der Waals surface area contributed by atoms with Crippen LogP contribution in [0.25, 0.3) is 0 Å². The van der Waals surface area contributed by atoms with Crippen LogP contribution in [0.2, 0.25) is 0 Å². The van der Waals surface area contributed by atoms with E-state index in [9.17, 15) is 30.6 Å². The lowest BCUT2D eigenvalue weighted by Crippen LogP contribution is -2.61. The summed E-state index contributed by atoms with van der Waals surface area (Å²) >= 11 is 0. The van der Waals surface area contributed by atoms with Gasteiger partial charge in [0.15, 0.2) is 6.29 Å². The molecular weight excluding hydrogens is 440 g/mol. The third-order valence-corrected chi connectivity index (χ3v) is 9.03. The first-order chi connectivity index (χ1) is 15.9. The fourth-order valence-electron chi connectivity index (χ4n) is 6.71. The fourth-order valence-corrected chi connectivity index (χ4v) is 6.71. The lowest BCUT2D eigenvalue weighted by Gasteiger charge is -2.61. The minimum atomic E-state index is -1.51. The maximum absolute atomic E-state index is 10.9. The summed E-state index contributed by atoms with van der Waals surface area (Å²) in [6.07, 6.45) is -2.05. The molecule has 0 bridgehead atoms. The van der Waals surface area contributed by atoms with Crippen LogP contribution in [-0.4, -0.2) is 86.8 Å². The number of hydrogen-bond donors (Lipinski definition) is 6. The van der Waals surface area contributed by atoms with E-state index in [2.05, 4.69) is 27.4 Å². The number of aliphatic hydroxyl groups is 6. The van der Waals surface area contributed by atoms with Gasteiger partial charge in [-0.25, -0.2) is 0 Å². The molecule has 8 nitrogen and oxygen atoms in total. The Balaban J connectivity index is 1.89. The van der Waals surface area contributed by atoms with Crippen molar-refractivity contribution in [2.24, 2.45) is 22.7 Å². The van der Waals surface area contributed by atoms with Crippen LogP contribution in [0.15, 0.2) is 23.8 Å².